The lowest BCUT2D eigenvalue weighted by Crippen LogP contribution is -2.59. The number of carbonyl (C=O) groups excluding carboxylic acids is 2. The molecule has 3 aliphatic rings. The largest absolute Gasteiger partial charge is 0.446 e. The highest BCUT2D eigenvalue weighted by Gasteiger charge is 2.39. The molecule has 35 heavy (non-hydrogen) atoms. The average molecular weight is 490 g/mol. The van der Waals surface area contributed by atoms with E-state index in [1.165, 1.54) is 0 Å². The zero-order valence-electron chi connectivity index (χ0n) is 20.0. The molecule has 190 valence electrons. The smallest absolute Gasteiger partial charge is 0.409 e. The van der Waals surface area contributed by atoms with Gasteiger partial charge in [0, 0.05) is 50.7 Å². The second-order valence-electron chi connectivity index (χ2n) is 9.92. The molecule has 0 aromatic carbocycles. The third-order valence-electron chi connectivity index (χ3n) is 6.75. The number of alkyl halides is 1. The molecule has 0 radical (unpaired) electrons. The molecular formula is C22H32FN9O3. The van der Waals surface area contributed by atoms with Gasteiger partial charge in [-0.2, -0.15) is 19.6 Å². The fraction of sp³-hybridized carbons (Fsp3) is 0.682. The molecule has 3 saturated heterocycles. The van der Waals surface area contributed by atoms with Crippen LogP contribution in [0, 0.1) is 0 Å². The van der Waals surface area contributed by atoms with Crippen molar-refractivity contribution < 1.29 is 18.7 Å². The van der Waals surface area contributed by atoms with Gasteiger partial charge in [0.1, 0.15) is 6.61 Å². The average Bonchev–Trinajstić information content (AvgIpc) is 3.43. The van der Waals surface area contributed by atoms with Crippen LogP contribution in [0.3, 0.4) is 0 Å². The maximum atomic E-state index is 14.1. The topological polar surface area (TPSA) is 138 Å². The van der Waals surface area contributed by atoms with E-state index in [1.807, 2.05) is 0 Å². The molecule has 4 N–H and O–H groups in total. The van der Waals surface area contributed by atoms with E-state index in [-0.39, 0.29) is 43.6 Å². The lowest BCUT2D eigenvalue weighted by molar-refractivity contribution is -0.119. The first-order chi connectivity index (χ1) is 16.8. The second-order valence-corrected chi connectivity index (χ2v) is 9.92. The number of nitrogens with zero attached hydrogens (tertiary/aromatic N) is 5. The van der Waals surface area contributed by atoms with Gasteiger partial charge in [0.15, 0.2) is 11.3 Å². The Kier molecular flexibility index (Phi) is 6.34. The predicted molar refractivity (Wildman–Crippen MR) is 126 cm³/mol. The van der Waals surface area contributed by atoms with Crippen LogP contribution in [-0.4, -0.2) is 93.6 Å². The maximum Gasteiger partial charge on any atom is 0.409 e. The summed E-state index contributed by atoms with van der Waals surface area (Å²) in [5.74, 6) is 1.23. The quantitative estimate of drug-likeness (QED) is 0.446. The van der Waals surface area contributed by atoms with Crippen molar-refractivity contribution in [2.45, 2.75) is 56.8 Å². The van der Waals surface area contributed by atoms with Crippen molar-refractivity contribution in [1.82, 2.24) is 35.1 Å². The van der Waals surface area contributed by atoms with Crippen LogP contribution in [0.5, 0.6) is 0 Å². The highest BCUT2D eigenvalue weighted by molar-refractivity contribution is 5.79. The fourth-order valence-corrected chi connectivity index (χ4v) is 4.52. The molecular weight excluding hydrogens is 457 g/mol. The van der Waals surface area contributed by atoms with Gasteiger partial charge < -0.3 is 30.9 Å². The number of rotatable bonds is 7. The summed E-state index contributed by atoms with van der Waals surface area (Å²) in [6, 6.07) is -0.00794. The van der Waals surface area contributed by atoms with Gasteiger partial charge in [-0.15, -0.1) is 0 Å². The zero-order valence-corrected chi connectivity index (χ0v) is 20.0. The summed E-state index contributed by atoms with van der Waals surface area (Å²) in [4.78, 5) is 34.9. The molecule has 1 atom stereocenters. The van der Waals surface area contributed by atoms with Crippen molar-refractivity contribution >= 4 is 29.5 Å². The van der Waals surface area contributed by atoms with Gasteiger partial charge in [-0.1, -0.05) is 13.8 Å². The first kappa shape index (κ1) is 23.5. The van der Waals surface area contributed by atoms with Crippen molar-refractivity contribution in [3.05, 3.63) is 11.8 Å². The second kappa shape index (κ2) is 9.44. The zero-order chi connectivity index (χ0) is 24.6. The number of carbonyl (C=O) groups is 2. The summed E-state index contributed by atoms with van der Waals surface area (Å²) in [5.41, 5.74) is 0.271. The molecule has 3 aliphatic heterocycles. The van der Waals surface area contributed by atoms with Crippen LogP contribution >= 0.6 is 0 Å². The number of halogens is 1. The van der Waals surface area contributed by atoms with Crippen LogP contribution in [0.15, 0.2) is 6.20 Å². The maximum absolute atomic E-state index is 14.1. The van der Waals surface area contributed by atoms with Crippen molar-refractivity contribution in [3.63, 3.8) is 0 Å². The van der Waals surface area contributed by atoms with E-state index in [4.69, 9.17) is 4.74 Å². The highest BCUT2D eigenvalue weighted by atomic mass is 19.1. The van der Waals surface area contributed by atoms with Crippen LogP contribution in [-0.2, 0) is 9.53 Å². The Labute approximate surface area is 202 Å². The highest BCUT2D eigenvalue weighted by Crippen LogP contribution is 2.24. The first-order valence-corrected chi connectivity index (χ1v) is 12.2. The molecule has 13 heteroatoms. The molecule has 0 aliphatic carbocycles. The van der Waals surface area contributed by atoms with E-state index in [1.54, 1.807) is 15.6 Å². The number of nitrogens with one attached hydrogen (secondary N) is 4. The van der Waals surface area contributed by atoms with Crippen LogP contribution in [0.25, 0.3) is 5.65 Å². The first-order valence-electron chi connectivity index (χ1n) is 12.2. The number of piperidine rings is 1. The summed E-state index contributed by atoms with van der Waals surface area (Å²) in [6.07, 6.45) is 3.08. The van der Waals surface area contributed by atoms with Gasteiger partial charge in [0.05, 0.1) is 12.2 Å². The van der Waals surface area contributed by atoms with Gasteiger partial charge in [-0.3, -0.25) is 4.79 Å². The van der Waals surface area contributed by atoms with Gasteiger partial charge in [0.25, 0.3) is 0 Å². The Morgan fingerprint density at radius 1 is 1.26 bits per heavy atom. The minimum Gasteiger partial charge on any atom is -0.446 e. The normalized spacial score (nSPS) is 22.2. The summed E-state index contributed by atoms with van der Waals surface area (Å²) in [6.45, 7) is 5.91. The van der Waals surface area contributed by atoms with E-state index in [2.05, 4.69) is 50.2 Å². The van der Waals surface area contributed by atoms with E-state index in [0.29, 0.717) is 56.4 Å². The molecule has 0 saturated carbocycles. The van der Waals surface area contributed by atoms with E-state index in [0.717, 1.165) is 5.56 Å². The van der Waals surface area contributed by atoms with Crippen molar-refractivity contribution in [2.75, 3.05) is 50.0 Å². The Hall–Kier alpha value is -3.22. The number of hydrogen-bond acceptors (Lipinski definition) is 9. The molecule has 2 amide bonds. The van der Waals surface area contributed by atoms with Gasteiger partial charge in [-0.25, -0.2) is 9.18 Å². The minimum absolute atomic E-state index is 0.00507. The third-order valence-corrected chi connectivity index (χ3v) is 6.75. The van der Waals surface area contributed by atoms with Crippen molar-refractivity contribution in [3.8, 4) is 0 Å². The lowest BCUT2D eigenvalue weighted by atomic mass is 10.0. The summed E-state index contributed by atoms with van der Waals surface area (Å²) < 4.78 is 21.0. The predicted octanol–water partition coefficient (Wildman–Crippen LogP) is 0.873. The van der Waals surface area contributed by atoms with Crippen LogP contribution in [0.4, 0.5) is 21.1 Å². The summed E-state index contributed by atoms with van der Waals surface area (Å²) >= 11 is 0. The van der Waals surface area contributed by atoms with E-state index < -0.39 is 11.8 Å². The van der Waals surface area contributed by atoms with Crippen LogP contribution in [0.2, 0.25) is 0 Å². The Bertz CT molecular complexity index is 1100. The molecule has 5 rings (SSSR count). The number of hydrogen-bond donors (Lipinski definition) is 4. The molecule has 2 aromatic heterocycles. The molecule has 3 fully saturated rings. The molecule has 0 spiro atoms. The third kappa shape index (κ3) is 5.09. The SMILES string of the molecule is CC(C)c1cnn2c(NC3CCN(C(=O)OCC4(F)CNC4)CC3)nc(N[C@@H]3CNC(=O)C3)nc12. The number of aromatic nitrogens is 4. The molecule has 0 unspecified atom stereocenters. The monoisotopic (exact) mass is 489 g/mol. The van der Waals surface area contributed by atoms with Crippen molar-refractivity contribution in [2.24, 2.45) is 0 Å². The standard InChI is InChI=1S/C22H32FN9O3/c1-13(2)16-9-26-32-18(16)29-19(27-15-7-17(33)25-8-15)30-20(32)28-14-3-5-31(6-4-14)21(34)35-12-22(23)10-24-11-22/h9,13-15,24H,3-8,10-12H2,1-2H3,(H,25,33)(H2,27,28,29,30)/t15-/m0/s1. The molecule has 2 aromatic rings. The van der Waals surface area contributed by atoms with Crippen LogP contribution < -0.4 is 21.3 Å². The number of fused-ring (bicyclic) bond motifs is 1. The fourth-order valence-electron chi connectivity index (χ4n) is 4.52. The van der Waals surface area contributed by atoms with Gasteiger partial charge in [-0.05, 0) is 18.8 Å². The Morgan fingerprint density at radius 3 is 2.66 bits per heavy atom. The molecule has 5 heterocycles. The molecule has 0 bridgehead atoms. The Morgan fingerprint density at radius 2 is 2.03 bits per heavy atom. The summed E-state index contributed by atoms with van der Waals surface area (Å²) in [5, 5.41) is 16.9. The molecule has 12 nitrogen and oxygen atoms in total. The van der Waals surface area contributed by atoms with Gasteiger partial charge in [0.2, 0.25) is 17.8 Å². The van der Waals surface area contributed by atoms with Gasteiger partial charge >= 0.3 is 6.09 Å². The lowest BCUT2D eigenvalue weighted by Gasteiger charge is -2.36. The van der Waals surface area contributed by atoms with E-state index >= 15 is 0 Å². The number of anilines is 2. The number of amides is 2. The number of likely N-dealkylation sites (tertiary alicyclic amines) is 1. The van der Waals surface area contributed by atoms with Crippen molar-refractivity contribution in [1.29, 1.82) is 0 Å². The Balaban J connectivity index is 1.25. The summed E-state index contributed by atoms with van der Waals surface area (Å²) in [7, 11) is 0. The minimum atomic E-state index is -1.44. The van der Waals surface area contributed by atoms with Crippen LogP contribution in [0.1, 0.15) is 44.6 Å². The van der Waals surface area contributed by atoms with E-state index in [9.17, 15) is 14.0 Å². The number of ether oxygens (including phenoxy) is 1.